The van der Waals surface area contributed by atoms with E-state index >= 15 is 0 Å². The highest BCUT2D eigenvalue weighted by Crippen LogP contribution is 2.33. The van der Waals surface area contributed by atoms with Crippen molar-refractivity contribution in [3.8, 4) is 34.5 Å². The third-order valence-electron chi connectivity index (χ3n) is 5.50. The van der Waals surface area contributed by atoms with E-state index in [2.05, 4.69) is 21.8 Å². The third-order valence-corrected chi connectivity index (χ3v) is 5.50. The average molecular weight is 481 g/mol. The van der Waals surface area contributed by atoms with Gasteiger partial charge in [-0.2, -0.15) is 4.98 Å². The summed E-state index contributed by atoms with van der Waals surface area (Å²) in [6.45, 7) is 0. The quantitative estimate of drug-likeness (QED) is 0.353. The number of hydrogen-bond acceptors (Lipinski definition) is 7. The molecule has 5 N–H and O–H groups in total. The van der Waals surface area contributed by atoms with Crippen LogP contribution < -0.4 is 20.9 Å². The second kappa shape index (κ2) is 10.5. The van der Waals surface area contributed by atoms with Crippen LogP contribution in [0, 0.1) is 11.8 Å². The van der Waals surface area contributed by atoms with Crippen LogP contribution >= 0.6 is 0 Å². The lowest BCUT2D eigenvalue weighted by Gasteiger charge is -2.12. The molecule has 0 saturated carbocycles. The fourth-order valence-corrected chi connectivity index (χ4v) is 3.68. The first kappa shape index (κ1) is 24.1. The summed E-state index contributed by atoms with van der Waals surface area (Å²) in [5, 5.41) is 9.10. The summed E-state index contributed by atoms with van der Waals surface area (Å²) in [4.78, 5) is 19.2. The minimum absolute atomic E-state index is 0.121. The molecule has 0 radical (unpaired) electrons. The Morgan fingerprint density at radius 1 is 0.889 bits per heavy atom. The van der Waals surface area contributed by atoms with Gasteiger partial charge in [0.1, 0.15) is 5.82 Å². The number of aromatic nitrogens is 2. The average Bonchev–Trinajstić information content (AvgIpc) is 2.88. The zero-order valence-corrected chi connectivity index (χ0v) is 19.8. The van der Waals surface area contributed by atoms with Crippen LogP contribution in [0.3, 0.4) is 0 Å². The molecular formula is C28H24N4O4. The van der Waals surface area contributed by atoms with Gasteiger partial charge in [0.2, 0.25) is 5.95 Å². The number of anilines is 2. The molecule has 3 aromatic carbocycles. The molecule has 1 aromatic heterocycles. The van der Waals surface area contributed by atoms with Gasteiger partial charge in [-0.15, -0.1) is 0 Å². The molecule has 8 nitrogen and oxygen atoms in total. The van der Waals surface area contributed by atoms with Crippen LogP contribution in [0.5, 0.6) is 11.5 Å². The Balaban J connectivity index is 1.76. The summed E-state index contributed by atoms with van der Waals surface area (Å²) in [7, 11) is 3.18. The lowest BCUT2D eigenvalue weighted by atomic mass is 9.96. The summed E-state index contributed by atoms with van der Waals surface area (Å²) < 4.78 is 10.8. The van der Waals surface area contributed by atoms with Gasteiger partial charge in [-0.3, -0.25) is 0 Å². The molecule has 0 spiro atoms. The number of benzene rings is 3. The number of nitrogen functional groups attached to an aromatic ring is 2. The minimum atomic E-state index is -0.979. The van der Waals surface area contributed by atoms with Gasteiger partial charge in [-0.25, -0.2) is 9.78 Å². The zero-order valence-electron chi connectivity index (χ0n) is 19.8. The number of ether oxygens (including phenoxy) is 2. The molecule has 0 unspecified atom stereocenters. The fourth-order valence-electron chi connectivity index (χ4n) is 3.68. The van der Waals surface area contributed by atoms with Crippen molar-refractivity contribution in [2.24, 2.45) is 0 Å². The van der Waals surface area contributed by atoms with E-state index in [1.54, 1.807) is 32.5 Å². The van der Waals surface area contributed by atoms with E-state index in [0.29, 0.717) is 29.3 Å². The fraction of sp³-hybridized carbons (Fsp3) is 0.107. The molecule has 0 atom stereocenters. The number of aromatic carboxylic acids is 1. The summed E-state index contributed by atoms with van der Waals surface area (Å²) in [6.07, 6.45) is 2.10. The molecule has 0 bridgehead atoms. The van der Waals surface area contributed by atoms with Gasteiger partial charge in [0.15, 0.2) is 11.5 Å². The van der Waals surface area contributed by atoms with Crippen LogP contribution in [0.2, 0.25) is 0 Å². The van der Waals surface area contributed by atoms with Gasteiger partial charge in [0.05, 0.1) is 19.8 Å². The minimum Gasteiger partial charge on any atom is -0.493 e. The van der Waals surface area contributed by atoms with Crippen LogP contribution in [-0.4, -0.2) is 35.3 Å². The normalized spacial score (nSPS) is 10.3. The van der Waals surface area contributed by atoms with Gasteiger partial charge in [-0.05, 0) is 65.2 Å². The molecule has 0 aliphatic heterocycles. The maximum atomic E-state index is 11.1. The number of carboxylic acid groups (broad SMARTS) is 1. The Morgan fingerprint density at radius 2 is 1.61 bits per heavy atom. The van der Waals surface area contributed by atoms with Crippen molar-refractivity contribution in [2.75, 3.05) is 25.7 Å². The van der Waals surface area contributed by atoms with Crippen molar-refractivity contribution in [3.63, 3.8) is 0 Å². The molecule has 4 aromatic rings. The molecular weight excluding hydrogens is 456 g/mol. The van der Waals surface area contributed by atoms with Gasteiger partial charge < -0.3 is 26.0 Å². The Kier molecular flexibility index (Phi) is 7.02. The van der Waals surface area contributed by atoms with Crippen molar-refractivity contribution in [1.29, 1.82) is 0 Å². The summed E-state index contributed by atoms with van der Waals surface area (Å²) in [5.74, 6) is 7.00. The van der Waals surface area contributed by atoms with E-state index in [4.69, 9.17) is 26.0 Å². The number of rotatable bonds is 6. The van der Waals surface area contributed by atoms with E-state index in [0.717, 1.165) is 27.8 Å². The highest BCUT2D eigenvalue weighted by Gasteiger charge is 2.10. The number of nitrogens with two attached hydrogens (primary N) is 2. The maximum Gasteiger partial charge on any atom is 0.335 e. The lowest BCUT2D eigenvalue weighted by Crippen LogP contribution is -2.04. The summed E-state index contributed by atoms with van der Waals surface area (Å²) in [6, 6.07) is 18.1. The van der Waals surface area contributed by atoms with E-state index < -0.39 is 5.97 Å². The Hall–Kier alpha value is -5.03. The number of carbonyl (C=O) groups is 1. The van der Waals surface area contributed by atoms with Crippen molar-refractivity contribution in [1.82, 2.24) is 9.97 Å². The number of hydrogen-bond donors (Lipinski definition) is 3. The van der Waals surface area contributed by atoms with Crippen molar-refractivity contribution < 1.29 is 19.4 Å². The van der Waals surface area contributed by atoms with E-state index in [1.807, 2.05) is 36.4 Å². The molecule has 4 rings (SSSR count). The van der Waals surface area contributed by atoms with Crippen LogP contribution in [0.25, 0.3) is 11.1 Å². The number of carboxylic acids is 1. The molecule has 180 valence electrons. The van der Waals surface area contributed by atoms with Crippen molar-refractivity contribution in [3.05, 3.63) is 94.7 Å². The number of nitrogens with zero attached hydrogens (tertiary/aromatic N) is 2. The van der Waals surface area contributed by atoms with Gasteiger partial charge in [0, 0.05) is 29.3 Å². The van der Waals surface area contributed by atoms with E-state index in [9.17, 15) is 4.79 Å². The summed E-state index contributed by atoms with van der Waals surface area (Å²) in [5.41, 5.74) is 16.9. The summed E-state index contributed by atoms with van der Waals surface area (Å²) >= 11 is 0. The molecule has 36 heavy (non-hydrogen) atoms. The Bertz CT molecular complexity index is 1490. The van der Waals surface area contributed by atoms with Crippen LogP contribution in [0.15, 0.2) is 66.9 Å². The molecule has 0 fully saturated rings. The Morgan fingerprint density at radius 3 is 2.28 bits per heavy atom. The molecule has 1 heterocycles. The Labute approximate surface area is 208 Å². The SMILES string of the molecule is COc1ccc(-c2cc(C#Cc3ccc(C(=O)O)cc3)cc(Cc3cnc(N)nc3N)c2)cc1OC. The van der Waals surface area contributed by atoms with E-state index in [-0.39, 0.29) is 11.5 Å². The monoisotopic (exact) mass is 480 g/mol. The standard InChI is InChI=1S/C28H24N4O4/c1-35-24-10-9-21(15-25(24)36-2)22-12-18(4-3-17-5-7-20(8-6-17)27(33)34)11-19(13-22)14-23-16-31-28(30)32-26(23)29/h5-13,15-16H,14H2,1-2H3,(H,33,34)(H4,29,30,31,32). The van der Waals surface area contributed by atoms with Crippen LogP contribution in [0.4, 0.5) is 11.8 Å². The van der Waals surface area contributed by atoms with Crippen molar-refractivity contribution >= 4 is 17.7 Å². The highest BCUT2D eigenvalue weighted by molar-refractivity contribution is 5.87. The van der Waals surface area contributed by atoms with Gasteiger partial charge >= 0.3 is 5.97 Å². The largest absolute Gasteiger partial charge is 0.493 e. The van der Waals surface area contributed by atoms with Crippen LogP contribution in [-0.2, 0) is 6.42 Å². The second-order valence-corrected chi connectivity index (χ2v) is 7.94. The first-order valence-electron chi connectivity index (χ1n) is 10.9. The van der Waals surface area contributed by atoms with Gasteiger partial charge in [-0.1, -0.05) is 24.0 Å². The third kappa shape index (κ3) is 5.54. The molecule has 0 amide bonds. The first-order valence-corrected chi connectivity index (χ1v) is 10.9. The van der Waals surface area contributed by atoms with Crippen molar-refractivity contribution in [2.45, 2.75) is 6.42 Å². The maximum absolute atomic E-state index is 11.1. The predicted molar refractivity (Wildman–Crippen MR) is 138 cm³/mol. The highest BCUT2D eigenvalue weighted by atomic mass is 16.5. The van der Waals surface area contributed by atoms with Crippen LogP contribution in [0.1, 0.15) is 32.6 Å². The number of methoxy groups -OCH3 is 2. The van der Waals surface area contributed by atoms with E-state index in [1.165, 1.54) is 12.1 Å². The smallest absolute Gasteiger partial charge is 0.335 e. The molecule has 0 aliphatic carbocycles. The molecule has 0 aliphatic rings. The lowest BCUT2D eigenvalue weighted by molar-refractivity contribution is 0.0697. The second-order valence-electron chi connectivity index (χ2n) is 7.94. The van der Waals surface area contributed by atoms with Gasteiger partial charge in [0.25, 0.3) is 0 Å². The predicted octanol–water partition coefficient (Wildman–Crippen LogP) is 4.01. The zero-order chi connectivity index (χ0) is 25.7. The first-order chi connectivity index (χ1) is 17.4. The topological polar surface area (TPSA) is 134 Å². The molecule has 8 heteroatoms. The molecule has 0 saturated heterocycles.